The summed E-state index contributed by atoms with van der Waals surface area (Å²) >= 11 is 0. The number of rotatable bonds is 6. The second-order valence-corrected chi connectivity index (χ2v) is 9.79. The van der Waals surface area contributed by atoms with Crippen molar-refractivity contribution in [3.05, 3.63) is 113 Å². The standard InChI is InChI=1S/C31H30F3N5O/c1-22-27(19-23-9-4-2-5-10-23)29(37-28(36-22)25-13-8-14-26(20-25)31(32,33)34)38-15-17-39(18-16-38)30(40)35-21-24-11-6-3-7-12-24/h2-14,20H,15-19,21H2,1H3,(H,35,40). The summed E-state index contributed by atoms with van der Waals surface area (Å²) in [6, 6.07) is 24.6. The number of aryl methyl sites for hydroxylation is 1. The van der Waals surface area contributed by atoms with Crippen LogP contribution in [0.25, 0.3) is 11.4 Å². The van der Waals surface area contributed by atoms with Gasteiger partial charge >= 0.3 is 12.2 Å². The van der Waals surface area contributed by atoms with E-state index >= 15 is 0 Å². The van der Waals surface area contributed by atoms with E-state index < -0.39 is 11.7 Å². The summed E-state index contributed by atoms with van der Waals surface area (Å²) in [6.07, 6.45) is -3.87. The van der Waals surface area contributed by atoms with Crippen LogP contribution in [0, 0.1) is 6.92 Å². The van der Waals surface area contributed by atoms with E-state index in [1.54, 1.807) is 11.0 Å². The van der Waals surface area contributed by atoms with Crippen molar-refractivity contribution in [3.8, 4) is 11.4 Å². The topological polar surface area (TPSA) is 61.4 Å². The molecule has 5 rings (SSSR count). The van der Waals surface area contributed by atoms with Gasteiger partial charge < -0.3 is 15.1 Å². The zero-order valence-corrected chi connectivity index (χ0v) is 22.2. The molecule has 6 nitrogen and oxygen atoms in total. The molecule has 1 aromatic heterocycles. The Bertz CT molecular complexity index is 1450. The summed E-state index contributed by atoms with van der Waals surface area (Å²) in [5.41, 5.74) is 3.31. The Balaban J connectivity index is 1.39. The minimum atomic E-state index is -4.46. The maximum Gasteiger partial charge on any atom is 0.416 e. The summed E-state index contributed by atoms with van der Waals surface area (Å²) in [4.78, 5) is 26.1. The number of hydrogen-bond acceptors (Lipinski definition) is 4. The van der Waals surface area contributed by atoms with Gasteiger partial charge in [-0.25, -0.2) is 14.8 Å². The van der Waals surface area contributed by atoms with Crippen LogP contribution in [0.5, 0.6) is 0 Å². The number of urea groups is 1. The van der Waals surface area contributed by atoms with E-state index in [0.29, 0.717) is 56.2 Å². The Morgan fingerprint density at radius 1 is 0.850 bits per heavy atom. The van der Waals surface area contributed by atoms with Gasteiger partial charge in [0.2, 0.25) is 0 Å². The molecule has 0 aliphatic carbocycles. The normalized spacial score (nSPS) is 13.8. The maximum atomic E-state index is 13.4. The molecule has 40 heavy (non-hydrogen) atoms. The molecule has 2 heterocycles. The molecule has 1 fully saturated rings. The molecule has 3 aromatic carbocycles. The number of nitrogens with zero attached hydrogens (tertiary/aromatic N) is 4. The van der Waals surface area contributed by atoms with Crippen molar-refractivity contribution >= 4 is 11.8 Å². The van der Waals surface area contributed by atoms with Crippen LogP contribution in [0.2, 0.25) is 0 Å². The third-order valence-corrected chi connectivity index (χ3v) is 7.02. The minimum Gasteiger partial charge on any atom is -0.353 e. The monoisotopic (exact) mass is 545 g/mol. The first-order chi connectivity index (χ1) is 19.3. The fraction of sp³-hybridized carbons (Fsp3) is 0.258. The SMILES string of the molecule is Cc1nc(-c2cccc(C(F)(F)F)c2)nc(N2CCN(C(=O)NCc3ccccc3)CC2)c1Cc1ccccc1. The highest BCUT2D eigenvalue weighted by molar-refractivity contribution is 5.74. The van der Waals surface area contributed by atoms with Gasteiger partial charge in [-0.05, 0) is 30.2 Å². The van der Waals surface area contributed by atoms with Crippen LogP contribution in [-0.2, 0) is 19.1 Å². The Kier molecular flexibility index (Phi) is 8.00. The maximum absolute atomic E-state index is 13.4. The van der Waals surface area contributed by atoms with Crippen LogP contribution in [0.3, 0.4) is 0 Å². The van der Waals surface area contributed by atoms with Gasteiger partial charge in [0.1, 0.15) is 5.82 Å². The zero-order chi connectivity index (χ0) is 28.1. The number of carbonyl (C=O) groups excluding carboxylic acids is 1. The van der Waals surface area contributed by atoms with E-state index in [4.69, 9.17) is 4.98 Å². The van der Waals surface area contributed by atoms with Gasteiger partial charge in [0, 0.05) is 56.0 Å². The van der Waals surface area contributed by atoms with Gasteiger partial charge in [-0.2, -0.15) is 13.2 Å². The molecule has 1 aliphatic rings. The highest BCUT2D eigenvalue weighted by Crippen LogP contribution is 2.33. The first kappa shape index (κ1) is 27.2. The molecule has 0 unspecified atom stereocenters. The Hall–Kier alpha value is -4.40. The van der Waals surface area contributed by atoms with Crippen LogP contribution in [0.1, 0.15) is 27.9 Å². The summed E-state index contributed by atoms with van der Waals surface area (Å²) in [6.45, 7) is 4.39. The van der Waals surface area contributed by atoms with Crippen molar-refractivity contribution in [1.82, 2.24) is 20.2 Å². The van der Waals surface area contributed by atoms with E-state index in [0.717, 1.165) is 28.8 Å². The van der Waals surface area contributed by atoms with E-state index in [2.05, 4.69) is 15.2 Å². The number of piperazine rings is 1. The molecule has 1 aliphatic heterocycles. The second-order valence-electron chi connectivity index (χ2n) is 9.79. The summed E-state index contributed by atoms with van der Waals surface area (Å²) < 4.78 is 40.2. The number of amides is 2. The quantitative estimate of drug-likeness (QED) is 0.318. The largest absolute Gasteiger partial charge is 0.416 e. The van der Waals surface area contributed by atoms with Gasteiger partial charge in [0.15, 0.2) is 5.82 Å². The van der Waals surface area contributed by atoms with Gasteiger partial charge in [0.05, 0.1) is 5.56 Å². The lowest BCUT2D eigenvalue weighted by atomic mass is 10.0. The van der Waals surface area contributed by atoms with Crippen LogP contribution < -0.4 is 10.2 Å². The Morgan fingerprint density at radius 2 is 1.50 bits per heavy atom. The predicted molar refractivity (Wildman–Crippen MR) is 149 cm³/mol. The van der Waals surface area contributed by atoms with E-state index in [1.165, 1.54) is 6.07 Å². The first-order valence-electron chi connectivity index (χ1n) is 13.2. The van der Waals surface area contributed by atoms with Crippen LogP contribution in [0.4, 0.5) is 23.8 Å². The molecule has 1 saturated heterocycles. The number of anilines is 1. The molecule has 1 N–H and O–H groups in total. The molecule has 0 radical (unpaired) electrons. The predicted octanol–water partition coefficient (Wildman–Crippen LogP) is 6.09. The summed E-state index contributed by atoms with van der Waals surface area (Å²) in [5.74, 6) is 0.937. The number of benzene rings is 3. The average molecular weight is 546 g/mol. The fourth-order valence-electron chi connectivity index (χ4n) is 4.82. The van der Waals surface area contributed by atoms with E-state index in [1.807, 2.05) is 67.6 Å². The highest BCUT2D eigenvalue weighted by atomic mass is 19.4. The lowest BCUT2D eigenvalue weighted by molar-refractivity contribution is -0.137. The van der Waals surface area contributed by atoms with Crippen LogP contribution in [0.15, 0.2) is 84.9 Å². The molecule has 0 atom stereocenters. The molecule has 9 heteroatoms. The van der Waals surface area contributed by atoms with Crippen molar-refractivity contribution < 1.29 is 18.0 Å². The number of halogens is 3. The Labute approximate surface area is 231 Å². The highest BCUT2D eigenvalue weighted by Gasteiger charge is 2.31. The zero-order valence-electron chi connectivity index (χ0n) is 22.2. The molecule has 2 amide bonds. The molecular formula is C31H30F3N5O. The molecule has 0 spiro atoms. The molecule has 0 saturated carbocycles. The van der Waals surface area contributed by atoms with Crippen molar-refractivity contribution in [2.75, 3.05) is 31.1 Å². The average Bonchev–Trinajstić information content (AvgIpc) is 2.97. The van der Waals surface area contributed by atoms with E-state index in [9.17, 15) is 18.0 Å². The second kappa shape index (κ2) is 11.8. The number of aromatic nitrogens is 2. The summed E-state index contributed by atoms with van der Waals surface area (Å²) in [7, 11) is 0. The lowest BCUT2D eigenvalue weighted by Crippen LogP contribution is -2.52. The van der Waals surface area contributed by atoms with E-state index in [-0.39, 0.29) is 11.9 Å². The van der Waals surface area contributed by atoms with Crippen LogP contribution in [-0.4, -0.2) is 47.1 Å². The number of carbonyl (C=O) groups is 1. The molecule has 206 valence electrons. The molecule has 0 bridgehead atoms. The van der Waals surface area contributed by atoms with Gasteiger partial charge in [-0.15, -0.1) is 0 Å². The minimum absolute atomic E-state index is 0.128. The van der Waals surface area contributed by atoms with Crippen molar-refractivity contribution in [1.29, 1.82) is 0 Å². The van der Waals surface area contributed by atoms with Gasteiger partial charge in [0.25, 0.3) is 0 Å². The number of alkyl halides is 3. The third-order valence-electron chi connectivity index (χ3n) is 7.02. The Morgan fingerprint density at radius 3 is 2.15 bits per heavy atom. The van der Waals surface area contributed by atoms with Crippen molar-refractivity contribution in [3.63, 3.8) is 0 Å². The fourth-order valence-corrected chi connectivity index (χ4v) is 4.82. The summed E-state index contributed by atoms with van der Waals surface area (Å²) in [5, 5.41) is 2.98. The van der Waals surface area contributed by atoms with Crippen molar-refractivity contribution in [2.45, 2.75) is 26.1 Å². The third kappa shape index (κ3) is 6.42. The van der Waals surface area contributed by atoms with Crippen LogP contribution >= 0.6 is 0 Å². The van der Waals surface area contributed by atoms with Crippen molar-refractivity contribution in [2.24, 2.45) is 0 Å². The molecule has 4 aromatic rings. The first-order valence-corrected chi connectivity index (χ1v) is 13.2. The smallest absolute Gasteiger partial charge is 0.353 e. The number of nitrogens with one attached hydrogen (secondary N) is 1. The molecular weight excluding hydrogens is 515 g/mol. The van der Waals surface area contributed by atoms with Gasteiger partial charge in [-0.1, -0.05) is 72.8 Å². The lowest BCUT2D eigenvalue weighted by Gasteiger charge is -2.36. The van der Waals surface area contributed by atoms with Gasteiger partial charge in [-0.3, -0.25) is 0 Å². The number of hydrogen-bond donors (Lipinski definition) is 1.